The van der Waals surface area contributed by atoms with Crippen molar-refractivity contribution in [2.24, 2.45) is 0 Å². The standard InChI is InChI=1S/C19H25N3O5S/c1-4-22(5-2)18(23)14-21(3)19(24)15-8-10-17(11-9-15)28(25,26)20-13-16-7-6-12-27-16/h6-12,20H,4-5,13-14H2,1-3H3. The zero-order valence-electron chi connectivity index (χ0n) is 16.2. The predicted molar refractivity (Wildman–Crippen MR) is 104 cm³/mol. The van der Waals surface area contributed by atoms with Crippen LogP contribution in [0.1, 0.15) is 30.0 Å². The van der Waals surface area contributed by atoms with E-state index < -0.39 is 10.0 Å². The Morgan fingerprint density at radius 3 is 2.25 bits per heavy atom. The van der Waals surface area contributed by atoms with E-state index in [0.29, 0.717) is 24.4 Å². The predicted octanol–water partition coefficient (Wildman–Crippen LogP) is 1.70. The van der Waals surface area contributed by atoms with Crippen LogP contribution in [0.5, 0.6) is 0 Å². The number of furan rings is 1. The molecule has 0 atom stereocenters. The highest BCUT2D eigenvalue weighted by Crippen LogP contribution is 2.13. The molecule has 1 aromatic carbocycles. The van der Waals surface area contributed by atoms with Gasteiger partial charge < -0.3 is 14.2 Å². The molecule has 2 aromatic rings. The summed E-state index contributed by atoms with van der Waals surface area (Å²) in [6, 6.07) is 8.92. The van der Waals surface area contributed by atoms with Gasteiger partial charge in [-0.25, -0.2) is 13.1 Å². The molecule has 0 radical (unpaired) electrons. The zero-order chi connectivity index (χ0) is 20.7. The van der Waals surface area contributed by atoms with Gasteiger partial charge in [0.15, 0.2) is 0 Å². The van der Waals surface area contributed by atoms with Crippen molar-refractivity contribution in [3.63, 3.8) is 0 Å². The molecule has 0 saturated carbocycles. The van der Waals surface area contributed by atoms with Crippen molar-refractivity contribution < 1.29 is 22.4 Å². The zero-order valence-corrected chi connectivity index (χ0v) is 17.0. The number of carbonyl (C=O) groups is 2. The average Bonchev–Trinajstić information content (AvgIpc) is 3.20. The highest BCUT2D eigenvalue weighted by Gasteiger charge is 2.19. The lowest BCUT2D eigenvalue weighted by atomic mass is 10.2. The Morgan fingerprint density at radius 2 is 1.71 bits per heavy atom. The average molecular weight is 407 g/mol. The Labute approximate surface area is 165 Å². The van der Waals surface area contributed by atoms with Crippen LogP contribution in [0.15, 0.2) is 52.0 Å². The van der Waals surface area contributed by atoms with Crippen molar-refractivity contribution in [2.75, 3.05) is 26.7 Å². The summed E-state index contributed by atoms with van der Waals surface area (Å²) in [5.74, 6) is 0.00467. The third-order valence-corrected chi connectivity index (χ3v) is 5.68. The lowest BCUT2D eigenvalue weighted by Crippen LogP contribution is -2.41. The number of hydrogen-bond donors (Lipinski definition) is 1. The topological polar surface area (TPSA) is 99.9 Å². The smallest absolute Gasteiger partial charge is 0.254 e. The van der Waals surface area contributed by atoms with Gasteiger partial charge >= 0.3 is 0 Å². The van der Waals surface area contributed by atoms with E-state index in [1.54, 1.807) is 24.1 Å². The van der Waals surface area contributed by atoms with Crippen LogP contribution in [-0.2, 0) is 21.4 Å². The third-order valence-electron chi connectivity index (χ3n) is 4.26. The van der Waals surface area contributed by atoms with E-state index in [0.717, 1.165) is 0 Å². The largest absolute Gasteiger partial charge is 0.468 e. The van der Waals surface area contributed by atoms with Crippen LogP contribution in [-0.4, -0.2) is 56.7 Å². The van der Waals surface area contributed by atoms with Crippen LogP contribution >= 0.6 is 0 Å². The summed E-state index contributed by atoms with van der Waals surface area (Å²) < 4.78 is 32.2. The minimum atomic E-state index is -3.73. The summed E-state index contributed by atoms with van der Waals surface area (Å²) in [5, 5.41) is 0. The van der Waals surface area contributed by atoms with E-state index in [1.165, 1.54) is 35.4 Å². The van der Waals surface area contributed by atoms with E-state index in [1.807, 2.05) is 13.8 Å². The van der Waals surface area contributed by atoms with Crippen molar-refractivity contribution in [1.29, 1.82) is 0 Å². The number of nitrogens with one attached hydrogen (secondary N) is 1. The first-order valence-corrected chi connectivity index (χ1v) is 10.4. The van der Waals surface area contributed by atoms with Gasteiger partial charge in [0.25, 0.3) is 5.91 Å². The molecule has 0 bridgehead atoms. The number of amides is 2. The molecule has 1 N–H and O–H groups in total. The quantitative estimate of drug-likeness (QED) is 0.682. The van der Waals surface area contributed by atoms with E-state index >= 15 is 0 Å². The molecule has 2 rings (SSSR count). The van der Waals surface area contributed by atoms with Gasteiger partial charge in [0.05, 0.1) is 24.2 Å². The second-order valence-electron chi connectivity index (χ2n) is 6.16. The van der Waals surface area contributed by atoms with Crippen LogP contribution in [0.3, 0.4) is 0 Å². The Hall–Kier alpha value is -2.65. The molecule has 9 heteroatoms. The first-order valence-electron chi connectivity index (χ1n) is 8.93. The minimum Gasteiger partial charge on any atom is -0.468 e. The molecule has 1 heterocycles. The van der Waals surface area contributed by atoms with Gasteiger partial charge in [-0.2, -0.15) is 0 Å². The Balaban J connectivity index is 2.02. The molecule has 0 fully saturated rings. The first kappa shape index (κ1) is 21.6. The first-order chi connectivity index (χ1) is 13.3. The van der Waals surface area contributed by atoms with Gasteiger partial charge in [-0.05, 0) is 50.2 Å². The fourth-order valence-electron chi connectivity index (χ4n) is 2.61. The molecule has 28 heavy (non-hydrogen) atoms. The van der Waals surface area contributed by atoms with E-state index in [2.05, 4.69) is 4.72 Å². The second-order valence-corrected chi connectivity index (χ2v) is 7.92. The van der Waals surface area contributed by atoms with Crippen LogP contribution in [0.2, 0.25) is 0 Å². The Morgan fingerprint density at radius 1 is 1.07 bits per heavy atom. The lowest BCUT2D eigenvalue weighted by molar-refractivity contribution is -0.131. The van der Waals surface area contributed by atoms with Crippen molar-refractivity contribution in [3.05, 3.63) is 54.0 Å². The Bertz CT molecular complexity index is 888. The highest BCUT2D eigenvalue weighted by atomic mass is 32.2. The molecule has 0 aliphatic carbocycles. The summed E-state index contributed by atoms with van der Waals surface area (Å²) in [6.07, 6.45) is 1.46. The summed E-state index contributed by atoms with van der Waals surface area (Å²) in [6.45, 7) is 4.91. The SMILES string of the molecule is CCN(CC)C(=O)CN(C)C(=O)c1ccc(S(=O)(=O)NCc2ccco2)cc1. The molecule has 0 unspecified atom stereocenters. The highest BCUT2D eigenvalue weighted by molar-refractivity contribution is 7.89. The summed E-state index contributed by atoms with van der Waals surface area (Å²) in [4.78, 5) is 27.6. The number of hydrogen-bond acceptors (Lipinski definition) is 5. The number of benzene rings is 1. The van der Waals surface area contributed by atoms with Crippen LogP contribution < -0.4 is 4.72 Å². The molecule has 0 aliphatic rings. The summed E-state index contributed by atoms with van der Waals surface area (Å²) in [7, 11) is -2.19. The maximum Gasteiger partial charge on any atom is 0.254 e. The fourth-order valence-corrected chi connectivity index (χ4v) is 3.60. The maximum atomic E-state index is 12.5. The molecule has 1 aromatic heterocycles. The van der Waals surface area contributed by atoms with Gasteiger partial charge in [0.2, 0.25) is 15.9 Å². The lowest BCUT2D eigenvalue weighted by Gasteiger charge is -2.23. The van der Waals surface area contributed by atoms with Crippen molar-refractivity contribution in [3.8, 4) is 0 Å². The minimum absolute atomic E-state index is 0.0340. The number of likely N-dealkylation sites (N-methyl/N-ethyl adjacent to an activating group) is 2. The summed E-state index contributed by atoms with van der Waals surface area (Å²) in [5.41, 5.74) is 0.305. The van der Waals surface area contributed by atoms with E-state index in [4.69, 9.17) is 4.42 Å². The van der Waals surface area contributed by atoms with Gasteiger partial charge in [-0.15, -0.1) is 0 Å². The Kier molecular flexibility index (Phi) is 7.36. The monoisotopic (exact) mass is 407 g/mol. The van der Waals surface area contributed by atoms with E-state index in [9.17, 15) is 18.0 Å². The van der Waals surface area contributed by atoms with Crippen LogP contribution in [0.25, 0.3) is 0 Å². The van der Waals surface area contributed by atoms with Crippen LogP contribution in [0.4, 0.5) is 0 Å². The molecule has 0 spiro atoms. The number of sulfonamides is 1. The van der Waals surface area contributed by atoms with Gasteiger partial charge in [0.1, 0.15) is 5.76 Å². The van der Waals surface area contributed by atoms with Crippen LogP contribution in [0, 0.1) is 0 Å². The number of nitrogens with zero attached hydrogens (tertiary/aromatic N) is 2. The number of carbonyl (C=O) groups excluding carboxylic acids is 2. The molecule has 2 amide bonds. The van der Waals surface area contributed by atoms with E-state index in [-0.39, 0.29) is 29.8 Å². The fraction of sp³-hybridized carbons (Fsp3) is 0.368. The molecule has 0 aliphatic heterocycles. The molecule has 152 valence electrons. The maximum absolute atomic E-state index is 12.5. The molecule has 0 saturated heterocycles. The molecular weight excluding hydrogens is 382 g/mol. The van der Waals surface area contributed by atoms with Crippen molar-refractivity contribution in [2.45, 2.75) is 25.3 Å². The second kappa shape index (κ2) is 9.52. The normalized spacial score (nSPS) is 11.2. The third kappa shape index (κ3) is 5.43. The summed E-state index contributed by atoms with van der Waals surface area (Å²) >= 11 is 0. The van der Waals surface area contributed by atoms with Crippen molar-refractivity contribution in [1.82, 2.24) is 14.5 Å². The molecular formula is C19H25N3O5S. The van der Waals surface area contributed by atoms with Gasteiger partial charge in [0, 0.05) is 25.7 Å². The van der Waals surface area contributed by atoms with Gasteiger partial charge in [-0.1, -0.05) is 0 Å². The van der Waals surface area contributed by atoms with Gasteiger partial charge in [-0.3, -0.25) is 9.59 Å². The van der Waals surface area contributed by atoms with Crippen molar-refractivity contribution >= 4 is 21.8 Å². The number of rotatable bonds is 9. The molecule has 8 nitrogen and oxygen atoms in total.